The highest BCUT2D eigenvalue weighted by Gasteiger charge is 2.15. The van der Waals surface area contributed by atoms with Crippen LogP contribution < -0.4 is 15.4 Å². The highest BCUT2D eigenvalue weighted by molar-refractivity contribution is 14.0. The zero-order valence-electron chi connectivity index (χ0n) is 20.4. The molecule has 2 N–H and O–H groups in total. The third kappa shape index (κ3) is 9.09. The van der Waals surface area contributed by atoms with Crippen LogP contribution in [0, 0.1) is 6.92 Å². The first-order valence-corrected chi connectivity index (χ1v) is 11.3. The van der Waals surface area contributed by atoms with E-state index in [0.717, 1.165) is 68.3 Å². The number of morpholine rings is 1. The number of halogens is 1. The van der Waals surface area contributed by atoms with Crippen molar-refractivity contribution in [3.8, 4) is 5.75 Å². The molecule has 10 heteroatoms. The van der Waals surface area contributed by atoms with Crippen molar-refractivity contribution in [2.24, 2.45) is 12.0 Å². The molecule has 1 saturated heterocycles. The lowest BCUT2D eigenvalue weighted by atomic mass is 10.1. The molecule has 3 rings (SSSR count). The molecule has 1 aromatic heterocycles. The average molecular weight is 572 g/mol. The number of ether oxygens (including phenoxy) is 2. The Labute approximate surface area is 214 Å². The van der Waals surface area contributed by atoms with Crippen LogP contribution in [-0.2, 0) is 24.9 Å². The second-order valence-electron chi connectivity index (χ2n) is 8.94. The minimum atomic E-state index is -0.264. The molecule has 0 atom stereocenters. The van der Waals surface area contributed by atoms with E-state index in [2.05, 4.69) is 52.6 Å². The average Bonchev–Trinajstić information content (AvgIpc) is 3.08. The van der Waals surface area contributed by atoms with Crippen LogP contribution in [0.2, 0.25) is 0 Å². The summed E-state index contributed by atoms with van der Waals surface area (Å²) in [6.45, 7) is 14.4. The summed E-state index contributed by atoms with van der Waals surface area (Å²) >= 11 is 0. The molecule has 9 nitrogen and oxygen atoms in total. The predicted octanol–water partition coefficient (Wildman–Crippen LogP) is 2.49. The van der Waals surface area contributed by atoms with Crippen molar-refractivity contribution in [3.63, 3.8) is 0 Å². The standard InChI is InChI=1S/C23H37N7O2.HI/c1-18-27-28-21(29(18)5)17-26-22(24-10-11-30-12-14-31-15-13-30)25-16-19-8-6-7-9-20(19)32-23(2,3)4;/h6-9H,10-17H2,1-5H3,(H2,24,25,26);1H. The summed E-state index contributed by atoms with van der Waals surface area (Å²) in [5.41, 5.74) is 0.784. The van der Waals surface area contributed by atoms with Crippen LogP contribution in [-0.4, -0.2) is 70.6 Å². The van der Waals surface area contributed by atoms with Gasteiger partial charge in [-0.1, -0.05) is 18.2 Å². The van der Waals surface area contributed by atoms with Crippen molar-refractivity contribution in [3.05, 3.63) is 41.5 Å². The van der Waals surface area contributed by atoms with Gasteiger partial charge in [-0.3, -0.25) is 4.90 Å². The summed E-state index contributed by atoms with van der Waals surface area (Å²) in [6, 6.07) is 8.06. The number of guanidine groups is 1. The number of rotatable bonds is 8. The summed E-state index contributed by atoms with van der Waals surface area (Å²) in [5.74, 6) is 3.35. The largest absolute Gasteiger partial charge is 0.488 e. The molecule has 0 saturated carbocycles. The quantitative estimate of drug-likeness (QED) is 0.286. The number of para-hydroxylation sites is 1. The Morgan fingerprint density at radius 2 is 1.88 bits per heavy atom. The summed E-state index contributed by atoms with van der Waals surface area (Å²) in [5, 5.41) is 15.2. The molecule has 0 aliphatic carbocycles. The van der Waals surface area contributed by atoms with E-state index in [1.165, 1.54) is 0 Å². The molecule has 1 fully saturated rings. The number of aryl methyl sites for hydroxylation is 1. The van der Waals surface area contributed by atoms with Gasteiger partial charge in [-0.2, -0.15) is 0 Å². The van der Waals surface area contributed by atoms with E-state index in [0.29, 0.717) is 13.1 Å². The molecule has 1 aliphatic rings. The molecular formula is C23H38IN7O2. The molecule has 0 bridgehead atoms. The number of aromatic nitrogens is 3. The fraction of sp³-hybridized carbons (Fsp3) is 0.609. The van der Waals surface area contributed by atoms with Crippen LogP contribution >= 0.6 is 24.0 Å². The molecule has 2 aromatic rings. The lowest BCUT2D eigenvalue weighted by Crippen LogP contribution is -2.44. The fourth-order valence-electron chi connectivity index (χ4n) is 3.33. The highest BCUT2D eigenvalue weighted by Crippen LogP contribution is 2.23. The topological polar surface area (TPSA) is 88.8 Å². The van der Waals surface area contributed by atoms with Gasteiger partial charge in [0.25, 0.3) is 0 Å². The van der Waals surface area contributed by atoms with E-state index in [4.69, 9.17) is 14.5 Å². The van der Waals surface area contributed by atoms with Crippen molar-refractivity contribution in [2.75, 3.05) is 39.4 Å². The third-order valence-electron chi connectivity index (χ3n) is 5.22. The SMILES string of the molecule is Cc1nnc(CNC(=NCc2ccccc2OC(C)(C)C)NCCN2CCOCC2)n1C.I. The number of hydrogen-bond acceptors (Lipinski definition) is 6. The summed E-state index contributed by atoms with van der Waals surface area (Å²) in [6.07, 6.45) is 0. The number of benzene rings is 1. The van der Waals surface area contributed by atoms with Gasteiger partial charge in [-0.25, -0.2) is 4.99 Å². The molecule has 184 valence electrons. The van der Waals surface area contributed by atoms with E-state index in [9.17, 15) is 0 Å². The number of nitrogens with one attached hydrogen (secondary N) is 2. The van der Waals surface area contributed by atoms with E-state index < -0.39 is 0 Å². The fourth-order valence-corrected chi connectivity index (χ4v) is 3.33. The maximum absolute atomic E-state index is 6.12. The lowest BCUT2D eigenvalue weighted by Gasteiger charge is -2.26. The second-order valence-corrected chi connectivity index (χ2v) is 8.94. The normalized spacial score (nSPS) is 15.1. The van der Waals surface area contributed by atoms with E-state index in [1.807, 2.05) is 36.7 Å². The number of aliphatic imine (C=N–C) groups is 1. The van der Waals surface area contributed by atoms with Crippen LogP contribution in [0.25, 0.3) is 0 Å². The summed E-state index contributed by atoms with van der Waals surface area (Å²) in [4.78, 5) is 7.23. The monoisotopic (exact) mass is 571 g/mol. The van der Waals surface area contributed by atoms with Gasteiger partial charge in [-0.15, -0.1) is 34.2 Å². The smallest absolute Gasteiger partial charge is 0.192 e. The lowest BCUT2D eigenvalue weighted by molar-refractivity contribution is 0.0389. The van der Waals surface area contributed by atoms with Gasteiger partial charge in [0, 0.05) is 38.8 Å². The Kier molecular flexibility index (Phi) is 10.8. The Morgan fingerprint density at radius 1 is 1.15 bits per heavy atom. The van der Waals surface area contributed by atoms with Crippen LogP contribution in [0.15, 0.2) is 29.3 Å². The van der Waals surface area contributed by atoms with Gasteiger partial charge in [0.2, 0.25) is 0 Å². The van der Waals surface area contributed by atoms with E-state index in [-0.39, 0.29) is 29.6 Å². The van der Waals surface area contributed by atoms with Crippen molar-refractivity contribution in [2.45, 2.75) is 46.4 Å². The zero-order chi connectivity index (χ0) is 23.0. The van der Waals surface area contributed by atoms with Gasteiger partial charge in [0.05, 0.1) is 26.3 Å². The molecular weight excluding hydrogens is 533 g/mol. The van der Waals surface area contributed by atoms with Crippen LogP contribution in [0.4, 0.5) is 0 Å². The molecule has 1 aliphatic heterocycles. The van der Waals surface area contributed by atoms with Crippen LogP contribution in [0.1, 0.15) is 38.0 Å². The van der Waals surface area contributed by atoms with Crippen LogP contribution in [0.3, 0.4) is 0 Å². The maximum atomic E-state index is 6.12. The Balaban J connectivity index is 0.00000385. The Hall–Kier alpha value is -1.92. The first-order chi connectivity index (χ1) is 15.3. The van der Waals surface area contributed by atoms with Gasteiger partial charge >= 0.3 is 0 Å². The van der Waals surface area contributed by atoms with Gasteiger partial charge in [0.15, 0.2) is 11.8 Å². The zero-order valence-corrected chi connectivity index (χ0v) is 22.8. The second kappa shape index (κ2) is 13.1. The van der Waals surface area contributed by atoms with Gasteiger partial charge in [0.1, 0.15) is 17.2 Å². The molecule has 33 heavy (non-hydrogen) atoms. The van der Waals surface area contributed by atoms with Crippen molar-refractivity contribution < 1.29 is 9.47 Å². The molecule has 1 aromatic carbocycles. The molecule has 2 heterocycles. The molecule has 0 amide bonds. The van der Waals surface area contributed by atoms with Crippen molar-refractivity contribution in [1.29, 1.82) is 0 Å². The summed E-state index contributed by atoms with van der Waals surface area (Å²) in [7, 11) is 1.97. The minimum absolute atomic E-state index is 0. The predicted molar refractivity (Wildman–Crippen MR) is 141 cm³/mol. The molecule has 0 unspecified atom stereocenters. The van der Waals surface area contributed by atoms with Crippen LogP contribution in [0.5, 0.6) is 5.75 Å². The third-order valence-corrected chi connectivity index (χ3v) is 5.22. The highest BCUT2D eigenvalue weighted by atomic mass is 127. The first-order valence-electron chi connectivity index (χ1n) is 11.3. The van der Waals surface area contributed by atoms with E-state index in [1.54, 1.807) is 0 Å². The number of hydrogen-bond donors (Lipinski definition) is 2. The maximum Gasteiger partial charge on any atom is 0.192 e. The van der Waals surface area contributed by atoms with Crippen molar-refractivity contribution in [1.82, 2.24) is 30.3 Å². The number of nitrogens with zero attached hydrogens (tertiary/aromatic N) is 5. The summed E-state index contributed by atoms with van der Waals surface area (Å²) < 4.78 is 13.5. The minimum Gasteiger partial charge on any atom is -0.488 e. The van der Waals surface area contributed by atoms with E-state index >= 15 is 0 Å². The Bertz CT molecular complexity index is 889. The molecule has 0 spiro atoms. The Morgan fingerprint density at radius 3 is 2.55 bits per heavy atom. The van der Waals surface area contributed by atoms with Gasteiger partial charge < -0.3 is 24.7 Å². The van der Waals surface area contributed by atoms with Gasteiger partial charge in [-0.05, 0) is 33.8 Å². The first kappa shape index (κ1) is 27.3. The van der Waals surface area contributed by atoms with Crippen molar-refractivity contribution >= 4 is 29.9 Å². The molecule has 0 radical (unpaired) electrons.